The van der Waals surface area contributed by atoms with Crippen LogP contribution >= 0.6 is 0 Å². The van der Waals surface area contributed by atoms with Crippen molar-refractivity contribution in [2.45, 2.75) is 38.8 Å². The van der Waals surface area contributed by atoms with Crippen LogP contribution in [0.1, 0.15) is 26.2 Å². The summed E-state index contributed by atoms with van der Waals surface area (Å²) in [4.78, 5) is 0. The summed E-state index contributed by atoms with van der Waals surface area (Å²) in [5, 5.41) is 0. The second-order valence-corrected chi connectivity index (χ2v) is 2.74. The summed E-state index contributed by atoms with van der Waals surface area (Å²) in [6, 6.07) is 0. The molecule has 0 spiro atoms. The van der Waals surface area contributed by atoms with E-state index < -0.39 is 0 Å². The molecule has 0 aromatic heterocycles. The molecule has 1 heterocycles. The quantitative estimate of drug-likeness (QED) is 0.586. The summed E-state index contributed by atoms with van der Waals surface area (Å²) < 4.78 is 15.7. The van der Waals surface area contributed by atoms with E-state index in [1.165, 1.54) is 6.42 Å². The van der Waals surface area contributed by atoms with Crippen molar-refractivity contribution in [3.05, 3.63) is 0 Å². The number of ether oxygens (including phenoxy) is 3. The van der Waals surface area contributed by atoms with E-state index in [0.29, 0.717) is 0 Å². The standard InChI is InChI=1S/C8H16O3/c1-7(9-2)11-8-5-3-4-6-10-8/h7-8H,3-6H2,1-2H3. The third kappa shape index (κ3) is 3.18. The second kappa shape index (κ2) is 4.70. The van der Waals surface area contributed by atoms with Gasteiger partial charge in [0.2, 0.25) is 0 Å². The Bertz CT molecular complexity index is 99.5. The Morgan fingerprint density at radius 3 is 2.82 bits per heavy atom. The molecule has 1 saturated heterocycles. The highest BCUT2D eigenvalue weighted by molar-refractivity contribution is 4.53. The molecule has 11 heavy (non-hydrogen) atoms. The van der Waals surface area contributed by atoms with E-state index in [0.717, 1.165) is 19.4 Å². The van der Waals surface area contributed by atoms with Crippen molar-refractivity contribution in [1.29, 1.82) is 0 Å². The SMILES string of the molecule is COC(C)OC1CCCCO1. The van der Waals surface area contributed by atoms with Gasteiger partial charge < -0.3 is 14.2 Å². The van der Waals surface area contributed by atoms with Crippen LogP contribution in [0.25, 0.3) is 0 Å². The highest BCUT2D eigenvalue weighted by Crippen LogP contribution is 2.15. The number of hydrogen-bond donors (Lipinski definition) is 0. The van der Waals surface area contributed by atoms with Crippen molar-refractivity contribution >= 4 is 0 Å². The smallest absolute Gasteiger partial charge is 0.160 e. The van der Waals surface area contributed by atoms with E-state index in [2.05, 4.69) is 0 Å². The molecule has 3 nitrogen and oxygen atoms in total. The molecule has 3 heteroatoms. The molecule has 0 aromatic carbocycles. The van der Waals surface area contributed by atoms with Gasteiger partial charge in [-0.05, 0) is 26.2 Å². The lowest BCUT2D eigenvalue weighted by atomic mass is 10.2. The Balaban J connectivity index is 2.13. The fraction of sp³-hybridized carbons (Fsp3) is 1.00. The lowest BCUT2D eigenvalue weighted by Gasteiger charge is -2.25. The lowest BCUT2D eigenvalue weighted by Crippen LogP contribution is -2.27. The average molecular weight is 160 g/mol. The van der Waals surface area contributed by atoms with E-state index in [1.54, 1.807) is 7.11 Å². The minimum Gasteiger partial charge on any atom is -0.356 e. The second-order valence-electron chi connectivity index (χ2n) is 2.74. The summed E-state index contributed by atoms with van der Waals surface area (Å²) in [6.45, 7) is 2.69. The third-order valence-electron chi connectivity index (χ3n) is 1.81. The highest BCUT2D eigenvalue weighted by atomic mass is 16.8. The topological polar surface area (TPSA) is 27.7 Å². The van der Waals surface area contributed by atoms with Crippen molar-refractivity contribution in [2.75, 3.05) is 13.7 Å². The molecule has 1 rings (SSSR count). The lowest BCUT2D eigenvalue weighted by molar-refractivity contribution is -0.241. The van der Waals surface area contributed by atoms with E-state index in [-0.39, 0.29) is 12.6 Å². The number of rotatable bonds is 3. The first kappa shape index (κ1) is 8.97. The summed E-state index contributed by atoms with van der Waals surface area (Å²) in [5.41, 5.74) is 0. The van der Waals surface area contributed by atoms with Crippen LogP contribution in [0.4, 0.5) is 0 Å². The molecular weight excluding hydrogens is 144 g/mol. The molecule has 0 saturated carbocycles. The molecule has 0 aromatic rings. The molecule has 66 valence electrons. The van der Waals surface area contributed by atoms with Crippen LogP contribution in [-0.2, 0) is 14.2 Å². The van der Waals surface area contributed by atoms with Crippen LogP contribution in [-0.4, -0.2) is 26.3 Å². The molecular formula is C8H16O3. The molecule has 0 aliphatic carbocycles. The van der Waals surface area contributed by atoms with Crippen molar-refractivity contribution in [2.24, 2.45) is 0 Å². The van der Waals surface area contributed by atoms with E-state index in [9.17, 15) is 0 Å². The van der Waals surface area contributed by atoms with Gasteiger partial charge in [0.1, 0.15) is 0 Å². The van der Waals surface area contributed by atoms with Crippen LogP contribution < -0.4 is 0 Å². The maximum absolute atomic E-state index is 5.40. The molecule has 0 amide bonds. The minimum absolute atomic E-state index is 0.0429. The Morgan fingerprint density at radius 1 is 1.45 bits per heavy atom. The first-order valence-electron chi connectivity index (χ1n) is 4.13. The average Bonchev–Trinajstić information content (AvgIpc) is 2.06. The van der Waals surface area contributed by atoms with E-state index in [1.807, 2.05) is 6.92 Å². The molecule has 2 unspecified atom stereocenters. The van der Waals surface area contributed by atoms with Gasteiger partial charge in [-0.3, -0.25) is 0 Å². The van der Waals surface area contributed by atoms with Gasteiger partial charge in [0.05, 0.1) is 0 Å². The monoisotopic (exact) mass is 160 g/mol. The molecule has 0 N–H and O–H groups in total. The molecule has 2 atom stereocenters. The van der Waals surface area contributed by atoms with Gasteiger partial charge in [0, 0.05) is 13.7 Å². The fourth-order valence-electron chi connectivity index (χ4n) is 1.09. The first-order valence-corrected chi connectivity index (χ1v) is 4.13. The van der Waals surface area contributed by atoms with Crippen LogP contribution in [0, 0.1) is 0 Å². The summed E-state index contributed by atoms with van der Waals surface area (Å²) in [5.74, 6) is 0. The van der Waals surface area contributed by atoms with Crippen molar-refractivity contribution < 1.29 is 14.2 Å². The van der Waals surface area contributed by atoms with Crippen LogP contribution in [0.2, 0.25) is 0 Å². The molecule has 0 radical (unpaired) electrons. The van der Waals surface area contributed by atoms with Gasteiger partial charge in [-0.15, -0.1) is 0 Å². The molecule has 1 aliphatic heterocycles. The first-order chi connectivity index (χ1) is 5.33. The van der Waals surface area contributed by atoms with Gasteiger partial charge in [0.15, 0.2) is 12.6 Å². The zero-order chi connectivity index (χ0) is 8.10. The maximum atomic E-state index is 5.40. The zero-order valence-corrected chi connectivity index (χ0v) is 7.21. The molecule has 1 aliphatic rings. The minimum atomic E-state index is -0.155. The molecule has 0 bridgehead atoms. The Labute approximate surface area is 67.6 Å². The summed E-state index contributed by atoms with van der Waals surface area (Å²) in [6.07, 6.45) is 3.15. The van der Waals surface area contributed by atoms with Crippen LogP contribution in [0.5, 0.6) is 0 Å². The third-order valence-corrected chi connectivity index (χ3v) is 1.81. The predicted molar refractivity (Wildman–Crippen MR) is 41.1 cm³/mol. The van der Waals surface area contributed by atoms with Crippen molar-refractivity contribution in [3.63, 3.8) is 0 Å². The summed E-state index contributed by atoms with van der Waals surface area (Å²) >= 11 is 0. The maximum Gasteiger partial charge on any atom is 0.160 e. The van der Waals surface area contributed by atoms with Crippen molar-refractivity contribution in [3.8, 4) is 0 Å². The van der Waals surface area contributed by atoms with Crippen LogP contribution in [0.3, 0.4) is 0 Å². The van der Waals surface area contributed by atoms with E-state index in [4.69, 9.17) is 14.2 Å². The van der Waals surface area contributed by atoms with Crippen LogP contribution in [0.15, 0.2) is 0 Å². The molecule has 1 fully saturated rings. The Hall–Kier alpha value is -0.120. The van der Waals surface area contributed by atoms with Gasteiger partial charge in [-0.2, -0.15) is 0 Å². The Morgan fingerprint density at radius 2 is 2.27 bits per heavy atom. The van der Waals surface area contributed by atoms with Gasteiger partial charge in [-0.25, -0.2) is 0 Å². The summed E-state index contributed by atoms with van der Waals surface area (Å²) in [7, 11) is 1.63. The predicted octanol–water partition coefficient (Wildman–Crippen LogP) is 1.52. The fourth-order valence-corrected chi connectivity index (χ4v) is 1.09. The van der Waals surface area contributed by atoms with E-state index >= 15 is 0 Å². The van der Waals surface area contributed by atoms with Gasteiger partial charge >= 0.3 is 0 Å². The van der Waals surface area contributed by atoms with Crippen molar-refractivity contribution in [1.82, 2.24) is 0 Å². The normalized spacial score (nSPS) is 28.4. The Kier molecular flexibility index (Phi) is 3.83. The number of methoxy groups -OCH3 is 1. The highest BCUT2D eigenvalue weighted by Gasteiger charge is 2.16. The zero-order valence-electron chi connectivity index (χ0n) is 7.21. The number of hydrogen-bond acceptors (Lipinski definition) is 3. The van der Waals surface area contributed by atoms with Gasteiger partial charge in [0.25, 0.3) is 0 Å². The van der Waals surface area contributed by atoms with Gasteiger partial charge in [-0.1, -0.05) is 0 Å². The largest absolute Gasteiger partial charge is 0.356 e.